The Kier molecular flexibility index (Phi) is 3.12. The van der Waals surface area contributed by atoms with E-state index in [1.54, 1.807) is 12.4 Å². The van der Waals surface area contributed by atoms with E-state index in [1.807, 2.05) is 31.2 Å². The first kappa shape index (κ1) is 10.6. The smallest absolute Gasteiger partial charge is 0.242 e. The van der Waals surface area contributed by atoms with E-state index in [9.17, 15) is 0 Å². The highest BCUT2D eigenvalue weighted by molar-refractivity contribution is 5.35. The molecule has 0 atom stereocenters. The number of benzene rings is 1. The van der Waals surface area contributed by atoms with Crippen LogP contribution in [0.5, 0.6) is 11.6 Å². The molecule has 82 valence electrons. The molecule has 2 N–H and O–H groups in total. The Morgan fingerprint density at radius 1 is 1.19 bits per heavy atom. The van der Waals surface area contributed by atoms with Gasteiger partial charge in [-0.25, -0.2) is 4.98 Å². The van der Waals surface area contributed by atoms with Crippen LogP contribution in [0.2, 0.25) is 0 Å². The molecule has 0 aliphatic heterocycles. The van der Waals surface area contributed by atoms with E-state index in [2.05, 4.69) is 9.97 Å². The summed E-state index contributed by atoms with van der Waals surface area (Å²) in [4.78, 5) is 8.23. The van der Waals surface area contributed by atoms with Gasteiger partial charge in [0, 0.05) is 18.9 Å². The van der Waals surface area contributed by atoms with Gasteiger partial charge in [-0.1, -0.05) is 18.2 Å². The van der Waals surface area contributed by atoms with Crippen LogP contribution in [0.1, 0.15) is 11.3 Å². The topological polar surface area (TPSA) is 61.0 Å². The summed E-state index contributed by atoms with van der Waals surface area (Å²) in [5.41, 5.74) is 7.27. The highest BCUT2D eigenvalue weighted by Crippen LogP contribution is 2.24. The Hall–Kier alpha value is -1.94. The van der Waals surface area contributed by atoms with Gasteiger partial charge in [0.15, 0.2) is 0 Å². The second kappa shape index (κ2) is 4.72. The summed E-state index contributed by atoms with van der Waals surface area (Å²) in [7, 11) is 0. The molecule has 0 aliphatic carbocycles. The van der Waals surface area contributed by atoms with Crippen molar-refractivity contribution in [2.45, 2.75) is 13.5 Å². The summed E-state index contributed by atoms with van der Waals surface area (Å²) in [5.74, 6) is 1.25. The predicted octanol–water partition coefficient (Wildman–Crippen LogP) is 2.04. The van der Waals surface area contributed by atoms with Crippen molar-refractivity contribution >= 4 is 0 Å². The van der Waals surface area contributed by atoms with Gasteiger partial charge in [0.25, 0.3) is 0 Å². The summed E-state index contributed by atoms with van der Waals surface area (Å²) in [6.07, 6.45) is 3.19. The van der Waals surface area contributed by atoms with E-state index in [-0.39, 0.29) is 0 Å². The van der Waals surface area contributed by atoms with Crippen LogP contribution >= 0.6 is 0 Å². The van der Waals surface area contributed by atoms with Crippen LogP contribution in [0.3, 0.4) is 0 Å². The maximum atomic E-state index is 5.68. The van der Waals surface area contributed by atoms with E-state index >= 15 is 0 Å². The minimum absolute atomic E-state index is 0.315. The molecule has 0 radical (unpaired) electrons. The Morgan fingerprint density at radius 2 is 1.94 bits per heavy atom. The van der Waals surface area contributed by atoms with Crippen LogP contribution in [0.4, 0.5) is 0 Å². The molecular formula is C12H13N3O. The number of aromatic nitrogens is 2. The van der Waals surface area contributed by atoms with Crippen LogP contribution in [0, 0.1) is 6.92 Å². The summed E-state index contributed by atoms with van der Waals surface area (Å²) < 4.78 is 5.68. The molecule has 0 spiro atoms. The SMILES string of the molecule is Cc1ccccc1Oc1nccnc1CN. The maximum absolute atomic E-state index is 5.68. The standard InChI is InChI=1S/C12H13N3O/c1-9-4-2-3-5-11(9)16-12-10(8-13)14-6-7-15-12/h2-7H,8,13H2,1H3. The Morgan fingerprint density at radius 3 is 2.69 bits per heavy atom. The van der Waals surface area contributed by atoms with Crippen LogP contribution in [0.25, 0.3) is 0 Å². The molecule has 0 saturated heterocycles. The van der Waals surface area contributed by atoms with E-state index < -0.39 is 0 Å². The van der Waals surface area contributed by atoms with Crippen LogP contribution in [-0.4, -0.2) is 9.97 Å². The molecule has 1 heterocycles. The van der Waals surface area contributed by atoms with E-state index in [1.165, 1.54) is 0 Å². The van der Waals surface area contributed by atoms with Crippen molar-refractivity contribution in [2.24, 2.45) is 5.73 Å². The molecule has 0 saturated carbocycles. The third-order valence-corrected chi connectivity index (χ3v) is 2.23. The lowest BCUT2D eigenvalue weighted by Gasteiger charge is -2.09. The molecule has 2 aromatic rings. The molecule has 1 aromatic carbocycles. The van der Waals surface area contributed by atoms with Gasteiger partial charge in [-0.05, 0) is 18.6 Å². The normalized spacial score (nSPS) is 10.1. The summed E-state index contributed by atoms with van der Waals surface area (Å²) in [6.45, 7) is 2.29. The van der Waals surface area contributed by atoms with Crippen molar-refractivity contribution < 1.29 is 4.74 Å². The van der Waals surface area contributed by atoms with E-state index in [0.29, 0.717) is 18.1 Å². The fourth-order valence-electron chi connectivity index (χ4n) is 1.35. The fraction of sp³-hybridized carbons (Fsp3) is 0.167. The second-order valence-corrected chi connectivity index (χ2v) is 3.38. The van der Waals surface area contributed by atoms with Crippen molar-refractivity contribution in [1.82, 2.24) is 9.97 Å². The molecule has 0 unspecified atom stereocenters. The van der Waals surface area contributed by atoms with Gasteiger partial charge in [0.05, 0.1) is 0 Å². The number of para-hydroxylation sites is 1. The highest BCUT2D eigenvalue weighted by Gasteiger charge is 2.06. The second-order valence-electron chi connectivity index (χ2n) is 3.38. The maximum Gasteiger partial charge on any atom is 0.242 e. The lowest BCUT2D eigenvalue weighted by molar-refractivity contribution is 0.449. The largest absolute Gasteiger partial charge is 0.437 e. The average molecular weight is 215 g/mol. The van der Waals surface area contributed by atoms with Gasteiger partial charge in [0.2, 0.25) is 5.88 Å². The lowest BCUT2D eigenvalue weighted by Crippen LogP contribution is -2.03. The molecule has 4 heteroatoms. The first-order chi connectivity index (χ1) is 7.81. The molecule has 0 amide bonds. The average Bonchev–Trinajstić information content (AvgIpc) is 2.33. The molecule has 0 fully saturated rings. The Bertz CT molecular complexity index is 485. The number of nitrogens with two attached hydrogens (primary N) is 1. The quantitative estimate of drug-likeness (QED) is 0.851. The first-order valence-electron chi connectivity index (χ1n) is 5.04. The van der Waals surface area contributed by atoms with Gasteiger partial charge in [-0.3, -0.25) is 4.98 Å². The predicted molar refractivity (Wildman–Crippen MR) is 61.2 cm³/mol. The molecule has 4 nitrogen and oxygen atoms in total. The Labute approximate surface area is 94.1 Å². The lowest BCUT2D eigenvalue weighted by atomic mass is 10.2. The number of hydrogen-bond donors (Lipinski definition) is 1. The van der Waals surface area contributed by atoms with E-state index in [4.69, 9.17) is 10.5 Å². The van der Waals surface area contributed by atoms with Gasteiger partial charge < -0.3 is 10.5 Å². The number of hydrogen-bond acceptors (Lipinski definition) is 4. The molecule has 0 aliphatic rings. The number of nitrogens with zero attached hydrogens (tertiary/aromatic N) is 2. The van der Waals surface area contributed by atoms with Gasteiger partial charge >= 0.3 is 0 Å². The van der Waals surface area contributed by atoms with Crippen molar-refractivity contribution in [1.29, 1.82) is 0 Å². The third kappa shape index (κ3) is 2.17. The summed E-state index contributed by atoms with van der Waals surface area (Å²) in [5, 5.41) is 0. The van der Waals surface area contributed by atoms with Crippen LogP contribution in [0.15, 0.2) is 36.7 Å². The van der Waals surface area contributed by atoms with Crippen LogP contribution in [-0.2, 0) is 6.54 Å². The number of ether oxygens (including phenoxy) is 1. The van der Waals surface area contributed by atoms with Crippen LogP contribution < -0.4 is 10.5 Å². The van der Waals surface area contributed by atoms with Crippen molar-refractivity contribution in [3.05, 3.63) is 47.9 Å². The summed E-state index contributed by atoms with van der Waals surface area (Å²) >= 11 is 0. The van der Waals surface area contributed by atoms with Crippen molar-refractivity contribution in [2.75, 3.05) is 0 Å². The number of aryl methyl sites for hydroxylation is 1. The summed E-state index contributed by atoms with van der Waals surface area (Å²) in [6, 6.07) is 7.75. The minimum atomic E-state index is 0.315. The zero-order valence-corrected chi connectivity index (χ0v) is 9.05. The van der Waals surface area contributed by atoms with Gasteiger partial charge in [-0.15, -0.1) is 0 Å². The first-order valence-corrected chi connectivity index (χ1v) is 5.04. The number of rotatable bonds is 3. The van der Waals surface area contributed by atoms with Crippen molar-refractivity contribution in [3.63, 3.8) is 0 Å². The Balaban J connectivity index is 2.30. The zero-order chi connectivity index (χ0) is 11.4. The van der Waals surface area contributed by atoms with Crippen molar-refractivity contribution in [3.8, 4) is 11.6 Å². The zero-order valence-electron chi connectivity index (χ0n) is 9.05. The fourth-order valence-corrected chi connectivity index (χ4v) is 1.35. The molecule has 2 rings (SSSR count). The third-order valence-electron chi connectivity index (χ3n) is 2.23. The molecule has 1 aromatic heterocycles. The molecule has 0 bridgehead atoms. The van der Waals surface area contributed by atoms with Gasteiger partial charge in [-0.2, -0.15) is 0 Å². The molecular weight excluding hydrogens is 202 g/mol. The molecule has 16 heavy (non-hydrogen) atoms. The monoisotopic (exact) mass is 215 g/mol. The highest BCUT2D eigenvalue weighted by atomic mass is 16.5. The van der Waals surface area contributed by atoms with Gasteiger partial charge in [0.1, 0.15) is 11.4 Å². The van der Waals surface area contributed by atoms with E-state index in [0.717, 1.165) is 11.3 Å². The minimum Gasteiger partial charge on any atom is -0.437 e.